The van der Waals surface area contributed by atoms with Crippen molar-refractivity contribution in [2.24, 2.45) is 0 Å². The van der Waals surface area contributed by atoms with Crippen LogP contribution in [0.1, 0.15) is 10.4 Å². The molecule has 1 rings (SSSR count). The molecule has 0 amide bonds. The van der Waals surface area contributed by atoms with Gasteiger partial charge in [-0.2, -0.15) is 0 Å². The molecule has 0 aromatic heterocycles. The van der Waals surface area contributed by atoms with Gasteiger partial charge in [-0.15, -0.1) is 0 Å². The van der Waals surface area contributed by atoms with Gasteiger partial charge < -0.3 is 62.0 Å². The SMILES string of the molecule is O=C(Cl)c1ccccc1.[Cl-].[Cl-].[Cl-].[Cl-].[Cl-].[Sb]. The first-order valence-electron chi connectivity index (χ1n) is 2.55. The molecule has 0 atom stereocenters. The van der Waals surface area contributed by atoms with Crippen LogP contribution in [-0.2, 0) is 0 Å². The second-order valence-corrected chi connectivity index (χ2v) is 1.98. The maximum absolute atomic E-state index is 10.4. The minimum atomic E-state index is -0.407. The molecule has 0 unspecified atom stereocenters. The summed E-state index contributed by atoms with van der Waals surface area (Å²) in [5.74, 6) is 0. The van der Waals surface area contributed by atoms with Gasteiger partial charge in [0.25, 0.3) is 5.24 Å². The third-order valence-electron chi connectivity index (χ3n) is 1.00. The standard InChI is InChI=1S/C7H5ClO.5ClH.Sb/c8-7(9)6-4-2-1-3-5-6;;;;;;/h1-5H;5*1H;/p-5. The van der Waals surface area contributed by atoms with Crippen molar-refractivity contribution in [3.63, 3.8) is 0 Å². The summed E-state index contributed by atoms with van der Waals surface area (Å²) in [7, 11) is 0. The molecule has 15 heavy (non-hydrogen) atoms. The van der Waals surface area contributed by atoms with Crippen molar-refractivity contribution in [1.82, 2.24) is 0 Å². The molecule has 3 radical (unpaired) electrons. The molecular formula is C7H5Cl6OSb-5. The summed E-state index contributed by atoms with van der Waals surface area (Å²) in [5.41, 5.74) is 0.541. The van der Waals surface area contributed by atoms with E-state index >= 15 is 0 Å². The number of carbonyl (C=O) groups is 1. The molecular weight excluding hydrogens is 435 g/mol. The van der Waals surface area contributed by atoms with Crippen LogP contribution in [-0.4, -0.2) is 29.7 Å². The number of halogens is 6. The maximum Gasteiger partial charge on any atom is 0.252 e. The van der Waals surface area contributed by atoms with Gasteiger partial charge in [0, 0.05) is 30.0 Å². The Kier molecular flexibility index (Phi) is 49.9. The van der Waals surface area contributed by atoms with Gasteiger partial charge in [0.15, 0.2) is 0 Å². The molecule has 1 nitrogen and oxygen atoms in total. The average molecular weight is 440 g/mol. The number of carbonyl (C=O) groups excluding carboxylic acids is 1. The van der Waals surface area contributed by atoms with Gasteiger partial charge in [0.2, 0.25) is 0 Å². The third-order valence-corrected chi connectivity index (χ3v) is 1.22. The Morgan fingerprint density at radius 3 is 1.40 bits per heavy atom. The van der Waals surface area contributed by atoms with E-state index in [9.17, 15) is 4.79 Å². The van der Waals surface area contributed by atoms with Gasteiger partial charge in [0.05, 0.1) is 0 Å². The molecule has 91 valence electrons. The number of rotatable bonds is 1. The first-order valence-corrected chi connectivity index (χ1v) is 2.93. The van der Waals surface area contributed by atoms with Crippen molar-refractivity contribution in [3.05, 3.63) is 35.9 Å². The monoisotopic (exact) mass is 436 g/mol. The van der Waals surface area contributed by atoms with E-state index in [1.807, 2.05) is 6.07 Å². The molecule has 0 aliphatic rings. The number of hydrogen-bond acceptors (Lipinski definition) is 1. The first kappa shape index (κ1) is 36.0. The van der Waals surface area contributed by atoms with Crippen molar-refractivity contribution in [3.8, 4) is 0 Å². The van der Waals surface area contributed by atoms with Crippen LogP contribution in [0.2, 0.25) is 0 Å². The van der Waals surface area contributed by atoms with Crippen molar-refractivity contribution in [1.29, 1.82) is 0 Å². The van der Waals surface area contributed by atoms with Gasteiger partial charge >= 0.3 is 0 Å². The summed E-state index contributed by atoms with van der Waals surface area (Å²) in [6.45, 7) is 0. The molecule has 0 aliphatic carbocycles. The van der Waals surface area contributed by atoms with E-state index in [1.54, 1.807) is 24.3 Å². The van der Waals surface area contributed by atoms with Crippen LogP contribution in [0, 0.1) is 0 Å². The predicted molar refractivity (Wildman–Crippen MR) is 42.4 cm³/mol. The minimum absolute atomic E-state index is 0. The first-order chi connectivity index (χ1) is 4.30. The summed E-state index contributed by atoms with van der Waals surface area (Å²) >= 11 is 5.16. The molecule has 8 heteroatoms. The molecule has 1 aromatic rings. The normalized spacial score (nSPS) is 5.40. The molecule has 0 saturated heterocycles. The topological polar surface area (TPSA) is 17.1 Å². The Balaban J connectivity index is -0.0000000337. The second-order valence-electron chi connectivity index (χ2n) is 1.64. The zero-order chi connectivity index (χ0) is 6.69. The van der Waals surface area contributed by atoms with Gasteiger partial charge in [-0.3, -0.25) is 4.79 Å². The zero-order valence-corrected chi connectivity index (χ0v) is 14.1. The summed E-state index contributed by atoms with van der Waals surface area (Å²) < 4.78 is 0. The fourth-order valence-corrected chi connectivity index (χ4v) is 0.695. The van der Waals surface area contributed by atoms with Crippen LogP contribution in [0.3, 0.4) is 0 Å². The Bertz CT molecular complexity index is 220. The van der Waals surface area contributed by atoms with Gasteiger partial charge in [-0.1, -0.05) is 30.3 Å². The zero-order valence-electron chi connectivity index (χ0n) is 7.01. The summed E-state index contributed by atoms with van der Waals surface area (Å²) in [6, 6.07) is 8.74. The van der Waals surface area contributed by atoms with Crippen LogP contribution >= 0.6 is 11.6 Å². The van der Waals surface area contributed by atoms with Gasteiger partial charge in [-0.05, 0) is 11.6 Å². The molecule has 0 saturated carbocycles. The van der Waals surface area contributed by atoms with Gasteiger partial charge in [-0.25, -0.2) is 0 Å². The smallest absolute Gasteiger partial charge is 0.252 e. The van der Waals surface area contributed by atoms with Crippen molar-refractivity contribution in [2.75, 3.05) is 0 Å². The fraction of sp³-hybridized carbons (Fsp3) is 0. The van der Waals surface area contributed by atoms with Crippen LogP contribution in [0.15, 0.2) is 30.3 Å². The van der Waals surface area contributed by atoms with Crippen molar-refractivity contribution < 1.29 is 66.8 Å². The van der Waals surface area contributed by atoms with E-state index in [-0.39, 0.29) is 86.5 Å². The third kappa shape index (κ3) is 15.4. The van der Waals surface area contributed by atoms with Crippen LogP contribution in [0.4, 0.5) is 0 Å². The van der Waals surface area contributed by atoms with E-state index in [1.165, 1.54) is 0 Å². The Hall–Kier alpha value is 1.45. The average Bonchev–Trinajstić information content (AvgIpc) is 1.90. The quantitative estimate of drug-likeness (QED) is 0.314. The number of hydrogen-bond donors (Lipinski definition) is 0. The summed E-state index contributed by atoms with van der Waals surface area (Å²) in [5, 5.41) is -0.407. The summed E-state index contributed by atoms with van der Waals surface area (Å²) in [4.78, 5) is 10.4. The molecule has 0 N–H and O–H groups in total. The Morgan fingerprint density at radius 1 is 0.867 bits per heavy atom. The van der Waals surface area contributed by atoms with E-state index in [4.69, 9.17) is 11.6 Å². The van der Waals surface area contributed by atoms with E-state index in [0.717, 1.165) is 0 Å². The van der Waals surface area contributed by atoms with Crippen LogP contribution < -0.4 is 62.0 Å². The molecule has 0 heterocycles. The molecule has 0 spiro atoms. The van der Waals surface area contributed by atoms with Crippen LogP contribution in [0.5, 0.6) is 0 Å². The largest absolute Gasteiger partial charge is 1.00 e. The summed E-state index contributed by atoms with van der Waals surface area (Å²) in [6.07, 6.45) is 0. The van der Waals surface area contributed by atoms with E-state index in [0.29, 0.717) is 5.56 Å². The van der Waals surface area contributed by atoms with Crippen molar-refractivity contribution >= 4 is 41.3 Å². The molecule has 0 bridgehead atoms. The maximum atomic E-state index is 10.4. The van der Waals surface area contributed by atoms with Gasteiger partial charge in [0.1, 0.15) is 0 Å². The van der Waals surface area contributed by atoms with E-state index in [2.05, 4.69) is 0 Å². The minimum Gasteiger partial charge on any atom is -1.00 e. The van der Waals surface area contributed by atoms with Crippen LogP contribution in [0.25, 0.3) is 0 Å². The Morgan fingerprint density at radius 2 is 1.20 bits per heavy atom. The predicted octanol–water partition coefficient (Wildman–Crippen LogP) is -13.3. The molecule has 0 aliphatic heterocycles. The second kappa shape index (κ2) is 20.8. The van der Waals surface area contributed by atoms with E-state index < -0.39 is 5.24 Å². The molecule has 0 fully saturated rings. The molecule has 1 aromatic carbocycles. The fourth-order valence-electron chi connectivity index (χ4n) is 0.569. The van der Waals surface area contributed by atoms with Crippen molar-refractivity contribution in [2.45, 2.75) is 0 Å². The Labute approximate surface area is 143 Å². The number of benzene rings is 1.